The SMILES string of the molecule is CSCCCNC(C)Cc1ccccc1F. The molecule has 1 atom stereocenters. The number of halogens is 1. The van der Waals surface area contributed by atoms with Crippen molar-refractivity contribution < 1.29 is 4.39 Å². The Bertz CT molecular complexity index is 304. The molecule has 0 amide bonds. The van der Waals surface area contributed by atoms with Crippen molar-refractivity contribution in [1.29, 1.82) is 0 Å². The highest BCUT2D eigenvalue weighted by atomic mass is 32.2. The molecule has 16 heavy (non-hydrogen) atoms. The van der Waals surface area contributed by atoms with Gasteiger partial charge in [0.15, 0.2) is 0 Å². The second kappa shape index (κ2) is 7.69. The van der Waals surface area contributed by atoms with Crippen molar-refractivity contribution in [3.63, 3.8) is 0 Å². The Morgan fingerprint density at radius 3 is 2.81 bits per heavy atom. The zero-order chi connectivity index (χ0) is 11.8. The first-order chi connectivity index (χ1) is 7.74. The summed E-state index contributed by atoms with van der Waals surface area (Å²) in [6.45, 7) is 3.11. The lowest BCUT2D eigenvalue weighted by Gasteiger charge is -2.14. The van der Waals surface area contributed by atoms with E-state index in [1.807, 2.05) is 23.9 Å². The maximum atomic E-state index is 13.4. The van der Waals surface area contributed by atoms with Crippen molar-refractivity contribution in [3.8, 4) is 0 Å². The number of benzene rings is 1. The van der Waals surface area contributed by atoms with Crippen LogP contribution < -0.4 is 5.32 Å². The van der Waals surface area contributed by atoms with Gasteiger partial charge < -0.3 is 5.32 Å². The fraction of sp³-hybridized carbons (Fsp3) is 0.538. The zero-order valence-electron chi connectivity index (χ0n) is 10.0. The molecular formula is C13H20FNS. The average molecular weight is 241 g/mol. The van der Waals surface area contributed by atoms with Crippen molar-refractivity contribution in [2.45, 2.75) is 25.8 Å². The monoisotopic (exact) mass is 241 g/mol. The summed E-state index contributed by atoms with van der Waals surface area (Å²) in [6.07, 6.45) is 4.04. The molecule has 1 unspecified atom stereocenters. The van der Waals surface area contributed by atoms with Crippen molar-refractivity contribution in [1.82, 2.24) is 5.32 Å². The molecule has 0 saturated carbocycles. The van der Waals surface area contributed by atoms with Gasteiger partial charge in [-0.2, -0.15) is 11.8 Å². The van der Waals surface area contributed by atoms with Gasteiger partial charge in [-0.15, -0.1) is 0 Å². The van der Waals surface area contributed by atoms with E-state index in [-0.39, 0.29) is 5.82 Å². The number of hydrogen-bond donors (Lipinski definition) is 1. The average Bonchev–Trinajstić information content (AvgIpc) is 2.28. The number of nitrogens with one attached hydrogen (secondary N) is 1. The van der Waals surface area contributed by atoms with Gasteiger partial charge in [-0.1, -0.05) is 18.2 Å². The molecular weight excluding hydrogens is 221 g/mol. The highest BCUT2D eigenvalue weighted by Crippen LogP contribution is 2.08. The highest BCUT2D eigenvalue weighted by molar-refractivity contribution is 7.98. The van der Waals surface area contributed by atoms with Gasteiger partial charge in [0.05, 0.1) is 0 Å². The van der Waals surface area contributed by atoms with Gasteiger partial charge in [-0.3, -0.25) is 0 Å². The van der Waals surface area contributed by atoms with Crippen LogP contribution in [-0.2, 0) is 6.42 Å². The van der Waals surface area contributed by atoms with Crippen LogP contribution >= 0.6 is 11.8 Å². The van der Waals surface area contributed by atoms with Crippen LogP contribution in [-0.4, -0.2) is 24.6 Å². The molecule has 0 aliphatic heterocycles. The predicted molar refractivity (Wildman–Crippen MR) is 70.6 cm³/mol. The summed E-state index contributed by atoms with van der Waals surface area (Å²) in [5.41, 5.74) is 0.798. The summed E-state index contributed by atoms with van der Waals surface area (Å²) in [7, 11) is 0. The molecule has 0 fully saturated rings. The minimum Gasteiger partial charge on any atom is -0.314 e. The van der Waals surface area contributed by atoms with Gasteiger partial charge in [0.25, 0.3) is 0 Å². The van der Waals surface area contributed by atoms with Crippen LogP contribution in [0.2, 0.25) is 0 Å². The Morgan fingerprint density at radius 1 is 1.38 bits per heavy atom. The van der Waals surface area contributed by atoms with Crippen LogP contribution in [0.15, 0.2) is 24.3 Å². The van der Waals surface area contributed by atoms with E-state index in [0.717, 1.165) is 18.5 Å². The first-order valence-corrected chi connectivity index (χ1v) is 7.09. The fourth-order valence-electron chi connectivity index (χ4n) is 1.63. The van der Waals surface area contributed by atoms with Gasteiger partial charge in [0.2, 0.25) is 0 Å². The summed E-state index contributed by atoms with van der Waals surface area (Å²) >= 11 is 1.86. The Labute approximate surface area is 102 Å². The van der Waals surface area contributed by atoms with E-state index in [9.17, 15) is 4.39 Å². The lowest BCUT2D eigenvalue weighted by atomic mass is 10.1. The molecule has 1 rings (SSSR count). The normalized spacial score (nSPS) is 12.7. The van der Waals surface area contributed by atoms with Crippen LogP contribution in [0.1, 0.15) is 18.9 Å². The molecule has 0 saturated heterocycles. The van der Waals surface area contributed by atoms with Gasteiger partial charge in [0, 0.05) is 6.04 Å². The van der Waals surface area contributed by atoms with E-state index in [4.69, 9.17) is 0 Å². The highest BCUT2D eigenvalue weighted by Gasteiger charge is 2.06. The summed E-state index contributed by atoms with van der Waals surface area (Å²) in [6, 6.07) is 7.33. The molecule has 90 valence electrons. The van der Waals surface area contributed by atoms with Crippen molar-refractivity contribution in [3.05, 3.63) is 35.6 Å². The second-order valence-electron chi connectivity index (χ2n) is 4.00. The van der Waals surface area contributed by atoms with Gasteiger partial charge in [-0.05, 0) is 49.9 Å². The number of hydrogen-bond acceptors (Lipinski definition) is 2. The molecule has 1 N–H and O–H groups in total. The van der Waals surface area contributed by atoms with E-state index in [0.29, 0.717) is 6.04 Å². The van der Waals surface area contributed by atoms with E-state index in [2.05, 4.69) is 18.5 Å². The summed E-state index contributed by atoms with van der Waals surface area (Å²) in [5.74, 6) is 1.08. The first kappa shape index (κ1) is 13.5. The molecule has 0 radical (unpaired) electrons. The lowest BCUT2D eigenvalue weighted by Crippen LogP contribution is -2.29. The summed E-state index contributed by atoms with van der Waals surface area (Å²) in [4.78, 5) is 0. The van der Waals surface area contributed by atoms with E-state index >= 15 is 0 Å². The third-order valence-electron chi connectivity index (χ3n) is 2.50. The smallest absolute Gasteiger partial charge is 0.126 e. The standard InChI is InChI=1S/C13H20FNS/c1-11(15-8-5-9-16-2)10-12-6-3-4-7-13(12)14/h3-4,6-7,11,15H,5,8-10H2,1-2H3. The van der Waals surface area contributed by atoms with Gasteiger partial charge in [0.1, 0.15) is 5.82 Å². The van der Waals surface area contributed by atoms with Crippen LogP contribution in [0, 0.1) is 5.82 Å². The molecule has 0 heterocycles. The van der Waals surface area contributed by atoms with Crippen LogP contribution in [0.4, 0.5) is 4.39 Å². The van der Waals surface area contributed by atoms with Crippen molar-refractivity contribution >= 4 is 11.8 Å². The van der Waals surface area contributed by atoms with E-state index in [1.54, 1.807) is 6.07 Å². The first-order valence-electron chi connectivity index (χ1n) is 5.69. The zero-order valence-corrected chi connectivity index (χ0v) is 10.8. The Kier molecular flexibility index (Phi) is 6.50. The van der Waals surface area contributed by atoms with Crippen LogP contribution in [0.3, 0.4) is 0 Å². The summed E-state index contributed by atoms with van der Waals surface area (Å²) in [5, 5.41) is 3.41. The Hall–Kier alpha value is -0.540. The molecule has 0 bridgehead atoms. The van der Waals surface area contributed by atoms with Gasteiger partial charge >= 0.3 is 0 Å². The molecule has 0 aliphatic carbocycles. The maximum Gasteiger partial charge on any atom is 0.126 e. The number of rotatable bonds is 7. The Morgan fingerprint density at radius 2 is 2.12 bits per heavy atom. The minimum absolute atomic E-state index is 0.0970. The topological polar surface area (TPSA) is 12.0 Å². The lowest BCUT2D eigenvalue weighted by molar-refractivity contribution is 0.526. The fourth-order valence-corrected chi connectivity index (χ4v) is 2.06. The molecule has 0 aliphatic rings. The van der Waals surface area contributed by atoms with E-state index in [1.165, 1.54) is 18.2 Å². The van der Waals surface area contributed by atoms with Crippen molar-refractivity contribution in [2.75, 3.05) is 18.6 Å². The quantitative estimate of drug-likeness (QED) is 0.736. The minimum atomic E-state index is -0.0970. The van der Waals surface area contributed by atoms with Crippen molar-refractivity contribution in [2.24, 2.45) is 0 Å². The van der Waals surface area contributed by atoms with E-state index < -0.39 is 0 Å². The maximum absolute atomic E-state index is 13.4. The second-order valence-corrected chi connectivity index (χ2v) is 4.98. The predicted octanol–water partition coefficient (Wildman–Crippen LogP) is 3.10. The van der Waals surface area contributed by atoms with Crippen LogP contribution in [0.5, 0.6) is 0 Å². The molecule has 1 aromatic rings. The third-order valence-corrected chi connectivity index (χ3v) is 3.20. The molecule has 0 aromatic heterocycles. The molecule has 1 nitrogen and oxygen atoms in total. The molecule has 1 aromatic carbocycles. The summed E-state index contributed by atoms with van der Waals surface area (Å²) < 4.78 is 13.4. The molecule has 3 heteroatoms. The molecule has 0 spiro atoms. The van der Waals surface area contributed by atoms with Gasteiger partial charge in [-0.25, -0.2) is 4.39 Å². The third kappa shape index (κ3) is 4.99. The number of thioether (sulfide) groups is 1. The van der Waals surface area contributed by atoms with Crippen LogP contribution in [0.25, 0.3) is 0 Å². The largest absolute Gasteiger partial charge is 0.314 e. The Balaban J connectivity index is 2.28.